The van der Waals surface area contributed by atoms with Crippen LogP contribution < -0.4 is 11.2 Å². The Kier molecular flexibility index (Phi) is 6.91. The van der Waals surface area contributed by atoms with E-state index in [-0.39, 0.29) is 5.82 Å². The van der Waals surface area contributed by atoms with E-state index in [1.165, 1.54) is 6.07 Å². The Morgan fingerprint density at radius 2 is 1.56 bits per heavy atom. The highest BCUT2D eigenvalue weighted by atomic mass is 19.1. The average molecular weight is 229 g/mol. The van der Waals surface area contributed by atoms with E-state index in [2.05, 4.69) is 0 Å². The standard InChI is InChI=1S/C6H6BF.C4H11NO3/c7-5-3-1-2-4-6(5)8;5-4(1-6,2-7)3-8/h1-4H,7H2;6-8H,1-3,5H2. The quantitative estimate of drug-likeness (QED) is 0.441. The summed E-state index contributed by atoms with van der Waals surface area (Å²) in [6, 6.07) is 6.70. The van der Waals surface area contributed by atoms with Gasteiger partial charge >= 0.3 is 0 Å². The molecule has 0 bridgehead atoms. The monoisotopic (exact) mass is 229 g/mol. The molecule has 6 heteroatoms. The third-order valence-electron chi connectivity index (χ3n) is 2.02. The van der Waals surface area contributed by atoms with Gasteiger partial charge in [-0.3, -0.25) is 0 Å². The molecule has 0 radical (unpaired) electrons. The Hall–Kier alpha value is -0.945. The van der Waals surface area contributed by atoms with Crippen molar-refractivity contribution in [1.82, 2.24) is 0 Å². The minimum Gasteiger partial charge on any atom is -0.394 e. The van der Waals surface area contributed by atoms with Crippen LogP contribution in [0.15, 0.2) is 24.3 Å². The van der Waals surface area contributed by atoms with Gasteiger partial charge in [-0.05, 0) is 6.07 Å². The van der Waals surface area contributed by atoms with Crippen LogP contribution in [0.5, 0.6) is 0 Å². The lowest BCUT2D eigenvalue weighted by Gasteiger charge is -2.20. The Morgan fingerprint density at radius 3 is 1.75 bits per heavy atom. The van der Waals surface area contributed by atoms with E-state index >= 15 is 0 Å². The first-order valence-electron chi connectivity index (χ1n) is 4.81. The van der Waals surface area contributed by atoms with Crippen LogP contribution in [0.25, 0.3) is 0 Å². The molecular weight excluding hydrogens is 212 g/mol. The fourth-order valence-electron chi connectivity index (χ4n) is 0.701. The second kappa shape index (κ2) is 7.35. The maximum Gasteiger partial charge on any atom is 0.143 e. The molecule has 1 aromatic carbocycles. The number of aliphatic hydroxyl groups is 3. The summed E-state index contributed by atoms with van der Waals surface area (Å²) in [6.45, 7) is -1.21. The van der Waals surface area contributed by atoms with Gasteiger partial charge in [0.2, 0.25) is 0 Å². The molecule has 0 aliphatic carbocycles. The third kappa shape index (κ3) is 5.23. The molecule has 0 aliphatic rings. The first-order valence-corrected chi connectivity index (χ1v) is 4.81. The SMILES string of the molecule is Bc1ccccc1F.NC(CO)(CO)CO. The smallest absolute Gasteiger partial charge is 0.143 e. The molecule has 0 saturated heterocycles. The molecule has 0 aromatic heterocycles. The van der Waals surface area contributed by atoms with Crippen LogP contribution in [-0.4, -0.2) is 48.5 Å². The largest absolute Gasteiger partial charge is 0.394 e. The Balaban J connectivity index is 0.000000281. The highest BCUT2D eigenvalue weighted by Gasteiger charge is 2.20. The zero-order valence-corrected chi connectivity index (χ0v) is 9.23. The highest BCUT2D eigenvalue weighted by Crippen LogP contribution is 1.93. The van der Waals surface area contributed by atoms with Crippen molar-refractivity contribution in [2.75, 3.05) is 19.8 Å². The van der Waals surface area contributed by atoms with Gasteiger partial charge in [0.15, 0.2) is 0 Å². The first kappa shape index (κ1) is 15.1. The van der Waals surface area contributed by atoms with Gasteiger partial charge in [0, 0.05) is 0 Å². The molecule has 1 aromatic rings. The summed E-state index contributed by atoms with van der Waals surface area (Å²) < 4.78 is 12.3. The van der Waals surface area contributed by atoms with Crippen molar-refractivity contribution in [3.63, 3.8) is 0 Å². The molecule has 0 spiro atoms. The number of hydrogen-bond acceptors (Lipinski definition) is 4. The van der Waals surface area contributed by atoms with E-state index in [0.717, 1.165) is 0 Å². The summed E-state index contributed by atoms with van der Waals surface area (Å²) in [4.78, 5) is 0. The van der Waals surface area contributed by atoms with Gasteiger partial charge in [-0.25, -0.2) is 4.39 Å². The maximum atomic E-state index is 12.3. The van der Waals surface area contributed by atoms with E-state index < -0.39 is 25.4 Å². The first-order chi connectivity index (χ1) is 7.49. The van der Waals surface area contributed by atoms with Gasteiger partial charge in [-0.15, -0.1) is 0 Å². The van der Waals surface area contributed by atoms with Gasteiger partial charge in [-0.1, -0.05) is 23.7 Å². The Morgan fingerprint density at radius 1 is 1.12 bits per heavy atom. The molecule has 0 aliphatic heterocycles. The van der Waals surface area contributed by atoms with Crippen molar-refractivity contribution in [3.8, 4) is 0 Å². The summed E-state index contributed by atoms with van der Waals surface area (Å²) in [7, 11) is 1.75. The minimum absolute atomic E-state index is 0.132. The van der Waals surface area contributed by atoms with Gasteiger partial charge in [0.05, 0.1) is 25.4 Å². The fraction of sp³-hybridized carbons (Fsp3) is 0.400. The number of rotatable bonds is 3. The number of hydrogen-bond donors (Lipinski definition) is 4. The van der Waals surface area contributed by atoms with E-state index in [4.69, 9.17) is 21.1 Å². The lowest BCUT2D eigenvalue weighted by atomic mass is 9.96. The molecule has 0 unspecified atom stereocenters. The molecule has 5 N–H and O–H groups in total. The molecule has 16 heavy (non-hydrogen) atoms. The van der Waals surface area contributed by atoms with Crippen LogP contribution in [0.4, 0.5) is 4.39 Å². The van der Waals surface area contributed by atoms with Crippen molar-refractivity contribution in [2.24, 2.45) is 5.73 Å². The van der Waals surface area contributed by atoms with Gasteiger partial charge in [0.1, 0.15) is 13.7 Å². The number of nitrogens with two attached hydrogens (primary N) is 1. The Labute approximate surface area is 94.9 Å². The van der Waals surface area contributed by atoms with Gasteiger partial charge in [-0.2, -0.15) is 0 Å². The molecule has 90 valence electrons. The second-order valence-corrected chi connectivity index (χ2v) is 3.59. The topological polar surface area (TPSA) is 86.7 Å². The molecule has 0 saturated carbocycles. The van der Waals surface area contributed by atoms with E-state index in [9.17, 15) is 4.39 Å². The highest BCUT2D eigenvalue weighted by molar-refractivity contribution is 6.32. The average Bonchev–Trinajstić information content (AvgIpc) is 2.33. The normalized spacial score (nSPS) is 10.6. The lowest BCUT2D eigenvalue weighted by molar-refractivity contribution is 0.0698. The van der Waals surface area contributed by atoms with Crippen molar-refractivity contribution in [1.29, 1.82) is 0 Å². The van der Waals surface area contributed by atoms with Gasteiger partial charge < -0.3 is 21.1 Å². The van der Waals surface area contributed by atoms with Crippen LogP contribution in [0.2, 0.25) is 0 Å². The van der Waals surface area contributed by atoms with Crippen molar-refractivity contribution in [2.45, 2.75) is 5.54 Å². The molecule has 0 heterocycles. The molecular formula is C10H17BFNO3. The molecule has 0 atom stereocenters. The van der Waals surface area contributed by atoms with Gasteiger partial charge in [0.25, 0.3) is 0 Å². The number of aliphatic hydroxyl groups excluding tert-OH is 3. The lowest BCUT2D eigenvalue weighted by Crippen LogP contribution is -2.50. The zero-order valence-electron chi connectivity index (χ0n) is 9.23. The second-order valence-electron chi connectivity index (χ2n) is 3.59. The summed E-state index contributed by atoms with van der Waals surface area (Å²) in [5.74, 6) is -0.132. The number of halogens is 1. The van der Waals surface area contributed by atoms with Crippen molar-refractivity contribution in [3.05, 3.63) is 30.1 Å². The van der Waals surface area contributed by atoms with Crippen molar-refractivity contribution >= 4 is 13.3 Å². The fourth-order valence-corrected chi connectivity index (χ4v) is 0.701. The predicted molar refractivity (Wildman–Crippen MR) is 62.8 cm³/mol. The Bertz CT molecular complexity index is 279. The summed E-state index contributed by atoms with van der Waals surface area (Å²) >= 11 is 0. The van der Waals surface area contributed by atoms with Crippen LogP contribution in [0.1, 0.15) is 0 Å². The number of benzene rings is 1. The summed E-state index contributed by atoms with van der Waals surface area (Å²) in [5.41, 5.74) is 4.64. The maximum absolute atomic E-state index is 12.3. The summed E-state index contributed by atoms with van der Waals surface area (Å²) in [6.07, 6.45) is 0. The minimum atomic E-state index is -1.21. The van der Waals surface area contributed by atoms with E-state index in [1.807, 2.05) is 6.07 Å². The predicted octanol–water partition coefficient (Wildman–Crippen LogP) is -2.26. The van der Waals surface area contributed by atoms with Crippen LogP contribution >= 0.6 is 0 Å². The molecule has 0 amide bonds. The van der Waals surface area contributed by atoms with E-state index in [0.29, 0.717) is 5.46 Å². The summed E-state index contributed by atoms with van der Waals surface area (Å²) in [5, 5.41) is 25.0. The molecule has 1 rings (SSSR count). The zero-order chi connectivity index (χ0) is 12.6. The van der Waals surface area contributed by atoms with Crippen LogP contribution in [0, 0.1) is 5.82 Å². The third-order valence-corrected chi connectivity index (χ3v) is 2.02. The van der Waals surface area contributed by atoms with Crippen LogP contribution in [0.3, 0.4) is 0 Å². The van der Waals surface area contributed by atoms with E-state index in [1.54, 1.807) is 20.0 Å². The van der Waals surface area contributed by atoms with Crippen LogP contribution in [-0.2, 0) is 0 Å². The van der Waals surface area contributed by atoms with Crippen molar-refractivity contribution < 1.29 is 19.7 Å². The molecule has 0 fully saturated rings. The molecule has 4 nitrogen and oxygen atoms in total.